The molecule has 0 unspecified atom stereocenters. The summed E-state index contributed by atoms with van der Waals surface area (Å²) in [4.78, 5) is 23.4. The predicted molar refractivity (Wildman–Crippen MR) is 104 cm³/mol. The third-order valence-electron chi connectivity index (χ3n) is 3.94. The molecule has 6 heteroatoms. The van der Waals surface area contributed by atoms with E-state index >= 15 is 0 Å². The SMILES string of the molecule is CC(C)NC(=O)NCCCCCCn1nc(-c2ccccc2)ccc1=O. The zero-order valence-electron chi connectivity index (χ0n) is 15.6. The lowest BCUT2D eigenvalue weighted by Gasteiger charge is -2.10. The maximum Gasteiger partial charge on any atom is 0.314 e. The van der Waals surface area contributed by atoms with Gasteiger partial charge in [-0.05, 0) is 32.8 Å². The van der Waals surface area contributed by atoms with E-state index in [2.05, 4.69) is 15.7 Å². The summed E-state index contributed by atoms with van der Waals surface area (Å²) in [6, 6.07) is 13.2. The van der Waals surface area contributed by atoms with E-state index in [1.165, 1.54) is 4.68 Å². The molecule has 1 aromatic carbocycles. The molecule has 2 N–H and O–H groups in total. The number of rotatable bonds is 9. The Morgan fingerprint density at radius 2 is 1.77 bits per heavy atom. The van der Waals surface area contributed by atoms with Gasteiger partial charge in [0.2, 0.25) is 0 Å². The minimum Gasteiger partial charge on any atom is -0.338 e. The Kier molecular flexibility index (Phi) is 7.86. The van der Waals surface area contributed by atoms with Crippen molar-refractivity contribution in [1.29, 1.82) is 0 Å². The number of benzene rings is 1. The molecule has 6 nitrogen and oxygen atoms in total. The fraction of sp³-hybridized carbons (Fsp3) is 0.450. The summed E-state index contributed by atoms with van der Waals surface area (Å²) in [5.74, 6) is 0. The van der Waals surface area contributed by atoms with Crippen LogP contribution in [0.25, 0.3) is 11.3 Å². The number of carbonyl (C=O) groups is 1. The fourth-order valence-electron chi connectivity index (χ4n) is 2.63. The molecule has 140 valence electrons. The highest BCUT2D eigenvalue weighted by atomic mass is 16.2. The van der Waals surface area contributed by atoms with E-state index in [4.69, 9.17) is 0 Å². The van der Waals surface area contributed by atoms with Crippen molar-refractivity contribution in [1.82, 2.24) is 20.4 Å². The number of nitrogens with zero attached hydrogens (tertiary/aromatic N) is 2. The summed E-state index contributed by atoms with van der Waals surface area (Å²) in [5, 5.41) is 10.1. The molecular formula is C20H28N4O2. The Balaban J connectivity index is 1.71. The highest BCUT2D eigenvalue weighted by molar-refractivity contribution is 5.73. The Bertz CT molecular complexity index is 741. The van der Waals surface area contributed by atoms with Crippen molar-refractivity contribution in [2.75, 3.05) is 6.54 Å². The smallest absolute Gasteiger partial charge is 0.314 e. The van der Waals surface area contributed by atoms with Crippen LogP contribution in [0.5, 0.6) is 0 Å². The van der Waals surface area contributed by atoms with Crippen molar-refractivity contribution in [3.05, 3.63) is 52.8 Å². The second kappa shape index (κ2) is 10.4. The average Bonchev–Trinajstić information content (AvgIpc) is 2.62. The lowest BCUT2D eigenvalue weighted by molar-refractivity contribution is 0.238. The molecule has 0 aliphatic rings. The van der Waals surface area contributed by atoms with Crippen LogP contribution in [0.15, 0.2) is 47.3 Å². The van der Waals surface area contributed by atoms with Gasteiger partial charge in [0.1, 0.15) is 0 Å². The quantitative estimate of drug-likeness (QED) is 0.678. The molecule has 1 heterocycles. The molecule has 0 bridgehead atoms. The standard InChI is InChI=1S/C20H28N4O2/c1-16(2)22-20(26)21-14-8-3-4-9-15-24-19(25)13-12-18(23-24)17-10-6-5-7-11-17/h5-7,10-13,16H,3-4,8-9,14-15H2,1-2H3,(H2,21,22,26). The molecule has 2 rings (SSSR count). The van der Waals surface area contributed by atoms with Gasteiger partial charge in [0.05, 0.1) is 5.69 Å². The second-order valence-electron chi connectivity index (χ2n) is 6.62. The van der Waals surface area contributed by atoms with Crippen molar-refractivity contribution < 1.29 is 4.79 Å². The molecule has 0 spiro atoms. The highest BCUT2D eigenvalue weighted by Crippen LogP contribution is 2.14. The zero-order valence-corrected chi connectivity index (χ0v) is 15.6. The number of aromatic nitrogens is 2. The van der Waals surface area contributed by atoms with Gasteiger partial charge in [-0.3, -0.25) is 4.79 Å². The van der Waals surface area contributed by atoms with Gasteiger partial charge >= 0.3 is 6.03 Å². The number of unbranched alkanes of at least 4 members (excludes halogenated alkanes) is 3. The van der Waals surface area contributed by atoms with E-state index < -0.39 is 0 Å². The first-order valence-corrected chi connectivity index (χ1v) is 9.24. The molecular weight excluding hydrogens is 328 g/mol. The van der Waals surface area contributed by atoms with Gasteiger partial charge in [0.15, 0.2) is 0 Å². The van der Waals surface area contributed by atoms with E-state index in [9.17, 15) is 9.59 Å². The van der Waals surface area contributed by atoms with E-state index in [-0.39, 0.29) is 17.6 Å². The van der Waals surface area contributed by atoms with Gasteiger partial charge in [-0.25, -0.2) is 9.48 Å². The molecule has 0 saturated carbocycles. The summed E-state index contributed by atoms with van der Waals surface area (Å²) in [6.45, 7) is 5.14. The molecule has 2 aromatic rings. The molecule has 1 aromatic heterocycles. The van der Waals surface area contributed by atoms with Crippen LogP contribution in [-0.2, 0) is 6.54 Å². The van der Waals surface area contributed by atoms with Crippen LogP contribution in [0.2, 0.25) is 0 Å². The first-order chi connectivity index (χ1) is 12.6. The van der Waals surface area contributed by atoms with Crippen molar-refractivity contribution in [2.45, 2.75) is 52.1 Å². The van der Waals surface area contributed by atoms with Gasteiger partial charge in [-0.15, -0.1) is 0 Å². The lowest BCUT2D eigenvalue weighted by Crippen LogP contribution is -2.39. The average molecular weight is 356 g/mol. The summed E-state index contributed by atoms with van der Waals surface area (Å²) in [5.41, 5.74) is 1.74. The molecule has 0 aliphatic heterocycles. The number of nitrogens with one attached hydrogen (secondary N) is 2. The minimum absolute atomic E-state index is 0.0725. The molecule has 0 saturated heterocycles. The zero-order chi connectivity index (χ0) is 18.8. The van der Waals surface area contributed by atoms with Crippen molar-refractivity contribution in [3.8, 4) is 11.3 Å². The number of hydrogen-bond acceptors (Lipinski definition) is 3. The number of urea groups is 1. The number of aryl methyl sites for hydroxylation is 1. The summed E-state index contributed by atoms with van der Waals surface area (Å²) < 4.78 is 1.54. The highest BCUT2D eigenvalue weighted by Gasteiger charge is 2.04. The van der Waals surface area contributed by atoms with Crippen molar-refractivity contribution in [2.24, 2.45) is 0 Å². The first kappa shape index (κ1) is 19.7. The van der Waals surface area contributed by atoms with Crippen LogP contribution in [0, 0.1) is 0 Å². The maximum absolute atomic E-state index is 12.0. The predicted octanol–water partition coefficient (Wildman–Crippen LogP) is 3.18. The van der Waals surface area contributed by atoms with E-state index in [1.807, 2.05) is 44.2 Å². The molecule has 0 radical (unpaired) electrons. The van der Waals surface area contributed by atoms with Crippen LogP contribution >= 0.6 is 0 Å². The Labute approximate surface area is 154 Å². The number of hydrogen-bond donors (Lipinski definition) is 2. The maximum atomic E-state index is 12.0. The van der Waals surface area contributed by atoms with Crippen LogP contribution in [-0.4, -0.2) is 28.4 Å². The first-order valence-electron chi connectivity index (χ1n) is 9.24. The Hall–Kier alpha value is -2.63. The van der Waals surface area contributed by atoms with Crippen LogP contribution < -0.4 is 16.2 Å². The van der Waals surface area contributed by atoms with Gasteiger partial charge in [0.25, 0.3) is 5.56 Å². The van der Waals surface area contributed by atoms with Crippen molar-refractivity contribution in [3.63, 3.8) is 0 Å². The molecule has 26 heavy (non-hydrogen) atoms. The Morgan fingerprint density at radius 1 is 1.04 bits per heavy atom. The van der Waals surface area contributed by atoms with E-state index in [1.54, 1.807) is 12.1 Å². The van der Waals surface area contributed by atoms with Crippen LogP contribution in [0.1, 0.15) is 39.5 Å². The molecule has 0 atom stereocenters. The minimum atomic E-state index is -0.117. The summed E-state index contributed by atoms with van der Waals surface area (Å²) in [7, 11) is 0. The normalized spacial score (nSPS) is 10.7. The van der Waals surface area contributed by atoms with Gasteiger partial charge in [-0.1, -0.05) is 43.2 Å². The van der Waals surface area contributed by atoms with Crippen LogP contribution in [0.3, 0.4) is 0 Å². The third kappa shape index (κ3) is 6.70. The van der Waals surface area contributed by atoms with Gasteiger partial charge in [0, 0.05) is 30.8 Å². The van der Waals surface area contributed by atoms with E-state index in [0.717, 1.165) is 36.9 Å². The van der Waals surface area contributed by atoms with E-state index in [0.29, 0.717) is 13.1 Å². The summed E-state index contributed by atoms with van der Waals surface area (Å²) >= 11 is 0. The van der Waals surface area contributed by atoms with Gasteiger partial charge in [-0.2, -0.15) is 5.10 Å². The molecule has 2 amide bonds. The van der Waals surface area contributed by atoms with Crippen molar-refractivity contribution >= 4 is 6.03 Å². The fourth-order valence-corrected chi connectivity index (χ4v) is 2.63. The Morgan fingerprint density at radius 3 is 2.50 bits per heavy atom. The number of carbonyl (C=O) groups excluding carboxylic acids is 1. The molecule has 0 fully saturated rings. The summed E-state index contributed by atoms with van der Waals surface area (Å²) in [6.07, 6.45) is 3.83. The third-order valence-corrected chi connectivity index (χ3v) is 3.94. The number of amides is 2. The lowest BCUT2D eigenvalue weighted by atomic mass is 10.1. The molecule has 0 aliphatic carbocycles. The monoisotopic (exact) mass is 356 g/mol. The second-order valence-corrected chi connectivity index (χ2v) is 6.62. The van der Waals surface area contributed by atoms with Gasteiger partial charge < -0.3 is 10.6 Å². The largest absolute Gasteiger partial charge is 0.338 e. The topological polar surface area (TPSA) is 76.0 Å². The van der Waals surface area contributed by atoms with Crippen LogP contribution in [0.4, 0.5) is 4.79 Å².